The van der Waals surface area contributed by atoms with Gasteiger partial charge in [0.1, 0.15) is 0 Å². The van der Waals surface area contributed by atoms with Crippen molar-refractivity contribution in [1.82, 2.24) is 10.3 Å². The van der Waals surface area contributed by atoms with Gasteiger partial charge in [0.15, 0.2) is 0 Å². The van der Waals surface area contributed by atoms with Crippen LogP contribution in [0.5, 0.6) is 0 Å². The highest BCUT2D eigenvalue weighted by Gasteiger charge is 2.29. The molecule has 1 aromatic rings. The lowest BCUT2D eigenvalue weighted by Gasteiger charge is -2.19. The summed E-state index contributed by atoms with van der Waals surface area (Å²) >= 11 is 1.76. The summed E-state index contributed by atoms with van der Waals surface area (Å²) in [4.78, 5) is 5.66. The van der Waals surface area contributed by atoms with E-state index in [0.717, 1.165) is 18.4 Å². The zero-order valence-electron chi connectivity index (χ0n) is 9.79. The molecule has 0 spiro atoms. The normalized spacial score (nSPS) is 31.0. The number of nitrogens with zero attached hydrogens (tertiary/aromatic N) is 1. The van der Waals surface area contributed by atoms with Crippen LogP contribution in [-0.4, -0.2) is 11.0 Å². The molecule has 3 atom stereocenters. The fraction of sp³-hybridized carbons (Fsp3) is 0.750. The first-order valence-corrected chi connectivity index (χ1v) is 6.68. The van der Waals surface area contributed by atoms with E-state index in [1.807, 2.05) is 5.51 Å². The summed E-state index contributed by atoms with van der Waals surface area (Å²) in [6.45, 7) is 7.82. The van der Waals surface area contributed by atoms with Crippen molar-refractivity contribution in [3.8, 4) is 0 Å². The van der Waals surface area contributed by atoms with E-state index in [4.69, 9.17) is 0 Å². The highest BCUT2D eigenvalue weighted by Crippen LogP contribution is 2.31. The average Bonchev–Trinajstić information content (AvgIpc) is 2.74. The van der Waals surface area contributed by atoms with E-state index in [1.165, 1.54) is 23.4 Å². The van der Waals surface area contributed by atoms with Crippen molar-refractivity contribution in [3.05, 3.63) is 16.1 Å². The van der Waals surface area contributed by atoms with Crippen LogP contribution in [0.4, 0.5) is 0 Å². The molecule has 1 aliphatic rings. The summed E-state index contributed by atoms with van der Waals surface area (Å²) in [5.41, 5.74) is 3.12. The molecule has 3 unspecified atom stereocenters. The van der Waals surface area contributed by atoms with Gasteiger partial charge < -0.3 is 5.32 Å². The Hall–Kier alpha value is -0.410. The molecule has 1 saturated carbocycles. The van der Waals surface area contributed by atoms with E-state index >= 15 is 0 Å². The molecule has 15 heavy (non-hydrogen) atoms. The first kappa shape index (κ1) is 11.1. The molecule has 0 bridgehead atoms. The van der Waals surface area contributed by atoms with Crippen LogP contribution >= 0.6 is 11.3 Å². The number of nitrogens with one attached hydrogen (secondary N) is 1. The largest absolute Gasteiger partial charge is 0.309 e. The van der Waals surface area contributed by atoms with Crippen LogP contribution in [0, 0.1) is 18.8 Å². The molecule has 1 aliphatic carbocycles. The molecule has 0 radical (unpaired) electrons. The van der Waals surface area contributed by atoms with Gasteiger partial charge in [-0.05, 0) is 31.6 Å². The van der Waals surface area contributed by atoms with Crippen molar-refractivity contribution < 1.29 is 0 Å². The zero-order chi connectivity index (χ0) is 10.8. The fourth-order valence-electron chi connectivity index (χ4n) is 2.37. The Morgan fingerprint density at radius 3 is 2.80 bits per heavy atom. The van der Waals surface area contributed by atoms with Crippen LogP contribution in [0.25, 0.3) is 0 Å². The predicted octanol–water partition coefficient (Wildman–Crippen LogP) is 2.98. The summed E-state index contributed by atoms with van der Waals surface area (Å²) in [5, 5.41) is 3.68. The third-order valence-corrected chi connectivity index (χ3v) is 4.77. The van der Waals surface area contributed by atoms with Crippen LogP contribution in [0.3, 0.4) is 0 Å². The first-order chi connectivity index (χ1) is 7.18. The maximum atomic E-state index is 4.27. The van der Waals surface area contributed by atoms with Crippen LogP contribution in [0.1, 0.15) is 37.3 Å². The van der Waals surface area contributed by atoms with Gasteiger partial charge in [-0.2, -0.15) is 0 Å². The lowest BCUT2D eigenvalue weighted by atomic mass is 9.98. The van der Waals surface area contributed by atoms with Gasteiger partial charge in [-0.15, -0.1) is 11.3 Å². The SMILES string of the molecule is Cc1ncsc1CNC1CCC(C)C1C. The van der Waals surface area contributed by atoms with Gasteiger partial charge >= 0.3 is 0 Å². The minimum absolute atomic E-state index is 0.710. The maximum absolute atomic E-state index is 4.27. The van der Waals surface area contributed by atoms with Crippen molar-refractivity contribution in [2.75, 3.05) is 0 Å². The van der Waals surface area contributed by atoms with Crippen LogP contribution in [0.2, 0.25) is 0 Å². The zero-order valence-corrected chi connectivity index (χ0v) is 10.6. The molecular weight excluding hydrogens is 204 g/mol. The van der Waals surface area contributed by atoms with Crippen molar-refractivity contribution >= 4 is 11.3 Å². The smallest absolute Gasteiger partial charge is 0.0798 e. The molecule has 1 fully saturated rings. The Kier molecular flexibility index (Phi) is 3.42. The topological polar surface area (TPSA) is 24.9 Å². The van der Waals surface area contributed by atoms with Crippen molar-refractivity contribution in [2.45, 2.75) is 46.2 Å². The predicted molar refractivity (Wildman–Crippen MR) is 65.0 cm³/mol. The van der Waals surface area contributed by atoms with E-state index in [-0.39, 0.29) is 0 Å². The number of aryl methyl sites for hydroxylation is 1. The van der Waals surface area contributed by atoms with Crippen molar-refractivity contribution in [2.24, 2.45) is 11.8 Å². The fourth-order valence-corrected chi connectivity index (χ4v) is 3.10. The van der Waals surface area contributed by atoms with Crippen LogP contribution in [0.15, 0.2) is 5.51 Å². The van der Waals surface area contributed by atoms with E-state index < -0.39 is 0 Å². The van der Waals surface area contributed by atoms with Gasteiger partial charge in [0.25, 0.3) is 0 Å². The number of thiazole rings is 1. The van der Waals surface area contributed by atoms with Crippen molar-refractivity contribution in [3.63, 3.8) is 0 Å². The Morgan fingerprint density at radius 1 is 1.47 bits per heavy atom. The van der Waals surface area contributed by atoms with Gasteiger partial charge in [-0.1, -0.05) is 13.8 Å². The standard InChI is InChI=1S/C12H20N2S/c1-8-4-5-11(9(8)2)13-6-12-10(3)14-7-15-12/h7-9,11,13H,4-6H2,1-3H3. The molecule has 84 valence electrons. The average molecular weight is 224 g/mol. The lowest BCUT2D eigenvalue weighted by Crippen LogP contribution is -2.31. The molecule has 2 rings (SSSR count). The van der Waals surface area contributed by atoms with E-state index in [2.05, 4.69) is 31.1 Å². The molecule has 0 saturated heterocycles. The third kappa shape index (κ3) is 2.40. The molecule has 3 heteroatoms. The highest BCUT2D eigenvalue weighted by molar-refractivity contribution is 7.09. The number of aromatic nitrogens is 1. The second kappa shape index (κ2) is 4.62. The van der Waals surface area contributed by atoms with E-state index in [1.54, 1.807) is 11.3 Å². The molecule has 1 heterocycles. The summed E-state index contributed by atoms with van der Waals surface area (Å²) in [5.74, 6) is 1.70. The minimum atomic E-state index is 0.710. The van der Waals surface area contributed by atoms with Gasteiger partial charge in [-0.3, -0.25) is 0 Å². The second-order valence-corrected chi connectivity index (χ2v) is 5.70. The maximum Gasteiger partial charge on any atom is 0.0798 e. The van der Waals surface area contributed by atoms with Crippen LogP contribution in [-0.2, 0) is 6.54 Å². The molecule has 2 nitrogen and oxygen atoms in total. The molecule has 1 aromatic heterocycles. The number of hydrogen-bond acceptors (Lipinski definition) is 3. The Balaban J connectivity index is 1.86. The lowest BCUT2D eigenvalue weighted by molar-refractivity contribution is 0.370. The summed E-state index contributed by atoms with van der Waals surface area (Å²) in [7, 11) is 0. The van der Waals surface area contributed by atoms with Gasteiger partial charge in [0, 0.05) is 17.5 Å². The third-order valence-electron chi connectivity index (χ3n) is 3.83. The highest BCUT2D eigenvalue weighted by atomic mass is 32.1. The number of hydrogen-bond donors (Lipinski definition) is 1. The number of rotatable bonds is 3. The Bertz CT molecular complexity index is 321. The summed E-state index contributed by atoms with van der Waals surface area (Å²) < 4.78 is 0. The van der Waals surface area contributed by atoms with Crippen molar-refractivity contribution in [1.29, 1.82) is 0 Å². The van der Waals surface area contributed by atoms with Gasteiger partial charge in [-0.25, -0.2) is 4.98 Å². The minimum Gasteiger partial charge on any atom is -0.309 e. The summed E-state index contributed by atoms with van der Waals surface area (Å²) in [6, 6.07) is 0.710. The van der Waals surface area contributed by atoms with Gasteiger partial charge in [0.2, 0.25) is 0 Å². The Morgan fingerprint density at radius 2 is 2.27 bits per heavy atom. The van der Waals surface area contributed by atoms with E-state index in [9.17, 15) is 0 Å². The molecule has 0 aromatic carbocycles. The second-order valence-electron chi connectivity index (χ2n) is 4.76. The molecular formula is C12H20N2S. The summed E-state index contributed by atoms with van der Waals surface area (Å²) in [6.07, 6.45) is 2.71. The van der Waals surface area contributed by atoms with E-state index in [0.29, 0.717) is 6.04 Å². The molecule has 0 aliphatic heterocycles. The molecule has 1 N–H and O–H groups in total. The van der Waals surface area contributed by atoms with Crippen LogP contribution < -0.4 is 5.32 Å². The molecule has 0 amide bonds. The Labute approximate surface area is 96.1 Å². The quantitative estimate of drug-likeness (QED) is 0.854. The first-order valence-electron chi connectivity index (χ1n) is 5.81. The monoisotopic (exact) mass is 224 g/mol. The van der Waals surface area contributed by atoms with Gasteiger partial charge in [0.05, 0.1) is 11.2 Å².